The summed E-state index contributed by atoms with van der Waals surface area (Å²) < 4.78 is 50.5. The summed E-state index contributed by atoms with van der Waals surface area (Å²) in [7, 11) is -1.14. The summed E-state index contributed by atoms with van der Waals surface area (Å²) in [4.78, 5) is 27.8. The first-order valence-corrected chi connectivity index (χ1v) is 13.1. The largest absolute Gasteiger partial charge is 0.497 e. The third kappa shape index (κ3) is 7.84. The van der Waals surface area contributed by atoms with Crippen molar-refractivity contribution in [1.82, 2.24) is 10.2 Å². The molecule has 0 saturated carbocycles. The second-order valence-corrected chi connectivity index (χ2v) is 11.3. The van der Waals surface area contributed by atoms with Gasteiger partial charge in [0.15, 0.2) is 0 Å². The second-order valence-electron chi connectivity index (χ2n) is 9.37. The Morgan fingerprint density at radius 3 is 2.17 bits per heavy atom. The number of halogens is 1. The van der Waals surface area contributed by atoms with E-state index in [0.29, 0.717) is 11.3 Å². The molecule has 0 radical (unpaired) electrons. The molecule has 0 fully saturated rings. The number of benzene rings is 2. The van der Waals surface area contributed by atoms with Gasteiger partial charge in [-0.25, -0.2) is 12.8 Å². The molecule has 0 heterocycles. The van der Waals surface area contributed by atoms with Crippen LogP contribution in [0, 0.1) is 5.82 Å². The molecule has 2 aromatic carbocycles. The molecule has 0 bridgehead atoms. The Labute approximate surface area is 212 Å². The van der Waals surface area contributed by atoms with Crippen LogP contribution in [0.25, 0.3) is 0 Å². The van der Waals surface area contributed by atoms with Crippen molar-refractivity contribution in [2.75, 3.05) is 31.3 Å². The van der Waals surface area contributed by atoms with Gasteiger partial charge in [-0.1, -0.05) is 12.1 Å². The molecule has 9 nitrogen and oxygen atoms in total. The average molecular weight is 524 g/mol. The van der Waals surface area contributed by atoms with Gasteiger partial charge in [-0.15, -0.1) is 0 Å². The number of anilines is 1. The van der Waals surface area contributed by atoms with Gasteiger partial charge >= 0.3 is 0 Å². The zero-order valence-corrected chi connectivity index (χ0v) is 22.5. The van der Waals surface area contributed by atoms with E-state index >= 15 is 0 Å². The summed E-state index contributed by atoms with van der Waals surface area (Å²) in [5, 5.41) is 2.84. The zero-order chi connectivity index (χ0) is 27.3. The summed E-state index contributed by atoms with van der Waals surface area (Å²) in [5.41, 5.74) is 0.133. The summed E-state index contributed by atoms with van der Waals surface area (Å²) in [6.07, 6.45) is 0.971. The molecule has 0 aliphatic carbocycles. The Kier molecular flexibility index (Phi) is 9.31. The molecule has 198 valence electrons. The van der Waals surface area contributed by atoms with Crippen LogP contribution in [0.1, 0.15) is 33.3 Å². The number of hydrogen-bond donors (Lipinski definition) is 1. The Morgan fingerprint density at radius 2 is 1.67 bits per heavy atom. The van der Waals surface area contributed by atoms with Crippen molar-refractivity contribution in [2.24, 2.45) is 0 Å². The number of nitrogens with zero attached hydrogens (tertiary/aromatic N) is 2. The number of methoxy groups -OCH3 is 2. The minimum atomic E-state index is -3.96. The average Bonchev–Trinajstić information content (AvgIpc) is 2.79. The highest BCUT2D eigenvalue weighted by molar-refractivity contribution is 7.92. The maximum atomic E-state index is 13.6. The van der Waals surface area contributed by atoms with Gasteiger partial charge in [0, 0.05) is 18.2 Å². The van der Waals surface area contributed by atoms with Crippen LogP contribution in [0.4, 0.5) is 10.1 Å². The molecule has 0 aliphatic rings. The quantitative estimate of drug-likeness (QED) is 0.514. The van der Waals surface area contributed by atoms with Crippen LogP contribution in [0.15, 0.2) is 42.5 Å². The van der Waals surface area contributed by atoms with E-state index in [2.05, 4.69) is 5.32 Å². The van der Waals surface area contributed by atoms with Crippen LogP contribution in [0.5, 0.6) is 11.5 Å². The van der Waals surface area contributed by atoms with Crippen LogP contribution in [0.2, 0.25) is 0 Å². The Bertz CT molecular complexity index is 1180. The lowest BCUT2D eigenvalue weighted by Crippen LogP contribution is -2.54. The molecule has 0 aromatic heterocycles. The fourth-order valence-corrected chi connectivity index (χ4v) is 4.27. The molecule has 2 aromatic rings. The summed E-state index contributed by atoms with van der Waals surface area (Å²) in [6.45, 7) is 6.35. The topological polar surface area (TPSA) is 105 Å². The van der Waals surface area contributed by atoms with Gasteiger partial charge in [0.25, 0.3) is 0 Å². The molecule has 0 spiro atoms. The number of nitrogens with one attached hydrogen (secondary N) is 1. The van der Waals surface area contributed by atoms with E-state index in [-0.39, 0.29) is 18.0 Å². The summed E-state index contributed by atoms with van der Waals surface area (Å²) >= 11 is 0. The van der Waals surface area contributed by atoms with Crippen molar-refractivity contribution < 1.29 is 31.9 Å². The number of carbonyl (C=O) groups is 2. The number of rotatable bonds is 10. The lowest BCUT2D eigenvalue weighted by atomic mass is 10.1. The Hall–Kier alpha value is -3.34. The predicted octanol–water partition coefficient (Wildman–Crippen LogP) is 2.94. The molecular formula is C25H34FN3O6S. The highest BCUT2D eigenvalue weighted by Gasteiger charge is 2.32. The summed E-state index contributed by atoms with van der Waals surface area (Å²) in [6, 6.07) is 9.15. The molecule has 2 amide bonds. The molecule has 36 heavy (non-hydrogen) atoms. The highest BCUT2D eigenvalue weighted by atomic mass is 32.2. The van der Waals surface area contributed by atoms with Crippen LogP contribution < -0.4 is 19.1 Å². The fourth-order valence-electron chi connectivity index (χ4n) is 3.43. The number of sulfonamides is 1. The first-order chi connectivity index (χ1) is 16.7. The van der Waals surface area contributed by atoms with Gasteiger partial charge in [-0.2, -0.15) is 0 Å². The molecular weight excluding hydrogens is 489 g/mol. The minimum absolute atomic E-state index is 0.0370. The van der Waals surface area contributed by atoms with Crippen molar-refractivity contribution in [3.05, 3.63) is 53.8 Å². The molecule has 1 N–H and O–H groups in total. The van der Waals surface area contributed by atoms with E-state index in [0.717, 1.165) is 10.6 Å². The van der Waals surface area contributed by atoms with Crippen molar-refractivity contribution in [1.29, 1.82) is 0 Å². The van der Waals surface area contributed by atoms with Crippen molar-refractivity contribution >= 4 is 27.5 Å². The van der Waals surface area contributed by atoms with Gasteiger partial charge in [0.1, 0.15) is 29.9 Å². The van der Waals surface area contributed by atoms with E-state index in [1.54, 1.807) is 13.0 Å². The third-order valence-corrected chi connectivity index (χ3v) is 6.39. The smallest absolute Gasteiger partial charge is 0.244 e. The van der Waals surface area contributed by atoms with E-state index in [1.807, 2.05) is 20.8 Å². The number of amides is 2. The number of hydrogen-bond acceptors (Lipinski definition) is 6. The van der Waals surface area contributed by atoms with Gasteiger partial charge in [-0.3, -0.25) is 13.9 Å². The van der Waals surface area contributed by atoms with Crippen molar-refractivity contribution in [3.63, 3.8) is 0 Å². The Balaban J connectivity index is 2.49. The maximum absolute atomic E-state index is 13.6. The van der Waals surface area contributed by atoms with E-state index in [1.165, 1.54) is 55.5 Å². The van der Waals surface area contributed by atoms with E-state index < -0.39 is 45.8 Å². The van der Waals surface area contributed by atoms with Gasteiger partial charge in [0.2, 0.25) is 21.8 Å². The molecule has 0 unspecified atom stereocenters. The second kappa shape index (κ2) is 11.6. The normalized spacial score (nSPS) is 12.4. The lowest BCUT2D eigenvalue weighted by Gasteiger charge is -2.33. The fraction of sp³-hybridized carbons (Fsp3) is 0.440. The lowest BCUT2D eigenvalue weighted by molar-refractivity contribution is -0.140. The standard InChI is InChI=1S/C25H34FN3O6S/c1-17(24(31)27-25(2,3)4)28(15-18-8-10-19(26)11-9-18)23(30)16-29(36(7,32)33)21-14-20(34-5)12-13-22(21)35-6/h8-14,17H,15-16H2,1-7H3,(H,27,31)/t17-/m1/s1. The third-order valence-electron chi connectivity index (χ3n) is 5.27. The summed E-state index contributed by atoms with van der Waals surface area (Å²) in [5.74, 6) is -0.900. The van der Waals surface area contributed by atoms with Gasteiger partial charge < -0.3 is 19.7 Å². The van der Waals surface area contributed by atoms with Crippen LogP contribution in [0.3, 0.4) is 0 Å². The first-order valence-electron chi connectivity index (χ1n) is 11.2. The molecule has 11 heteroatoms. The number of carbonyl (C=O) groups excluding carboxylic acids is 2. The SMILES string of the molecule is COc1ccc(OC)c(N(CC(=O)N(Cc2ccc(F)cc2)[C@H](C)C(=O)NC(C)(C)C)S(C)(=O)=O)c1. The Morgan fingerprint density at radius 1 is 1.06 bits per heavy atom. The van der Waals surface area contributed by atoms with Crippen LogP contribution in [-0.4, -0.2) is 63.7 Å². The first kappa shape index (κ1) is 28.9. The molecule has 0 aliphatic heterocycles. The molecule has 0 saturated heterocycles. The van der Waals surface area contributed by atoms with Crippen molar-refractivity contribution in [2.45, 2.75) is 45.8 Å². The highest BCUT2D eigenvalue weighted by Crippen LogP contribution is 2.34. The maximum Gasteiger partial charge on any atom is 0.244 e. The predicted molar refractivity (Wildman–Crippen MR) is 136 cm³/mol. The van der Waals surface area contributed by atoms with E-state index in [4.69, 9.17) is 9.47 Å². The van der Waals surface area contributed by atoms with Crippen LogP contribution in [-0.2, 0) is 26.2 Å². The number of ether oxygens (including phenoxy) is 2. The monoisotopic (exact) mass is 523 g/mol. The zero-order valence-electron chi connectivity index (χ0n) is 21.7. The van der Waals surface area contributed by atoms with E-state index in [9.17, 15) is 22.4 Å². The van der Waals surface area contributed by atoms with Crippen molar-refractivity contribution in [3.8, 4) is 11.5 Å². The molecule has 1 atom stereocenters. The van der Waals surface area contributed by atoms with Gasteiger partial charge in [0.05, 0.1) is 26.2 Å². The van der Waals surface area contributed by atoms with Crippen LogP contribution >= 0.6 is 0 Å². The molecule has 2 rings (SSSR count). The van der Waals surface area contributed by atoms with Gasteiger partial charge in [-0.05, 0) is 57.5 Å². The minimum Gasteiger partial charge on any atom is -0.497 e.